The molecule has 1 unspecified atom stereocenters. The molecule has 4 heteroatoms. The minimum absolute atomic E-state index is 0. The van der Waals surface area contributed by atoms with Crippen LogP contribution in [-0.4, -0.2) is 18.5 Å². The predicted molar refractivity (Wildman–Crippen MR) is 87.1 cm³/mol. The Morgan fingerprint density at radius 1 is 1.30 bits per heavy atom. The van der Waals surface area contributed by atoms with E-state index in [1.165, 1.54) is 5.56 Å². The van der Waals surface area contributed by atoms with E-state index >= 15 is 0 Å². The minimum Gasteiger partial charge on any atom is -0.354 e. The second-order valence-electron chi connectivity index (χ2n) is 5.94. The van der Waals surface area contributed by atoms with Gasteiger partial charge in [-0.15, -0.1) is 12.4 Å². The fourth-order valence-corrected chi connectivity index (χ4v) is 2.11. The van der Waals surface area contributed by atoms with Gasteiger partial charge in [0.25, 0.3) is 0 Å². The highest BCUT2D eigenvalue weighted by molar-refractivity contribution is 5.85. The molecule has 0 aromatic heterocycles. The van der Waals surface area contributed by atoms with Gasteiger partial charge in [0.1, 0.15) is 0 Å². The maximum atomic E-state index is 11.8. The number of hydrogen-bond acceptors (Lipinski definition) is 2. The average molecular weight is 299 g/mol. The number of halogens is 1. The Labute approximate surface area is 128 Å². The molecule has 0 saturated carbocycles. The van der Waals surface area contributed by atoms with Gasteiger partial charge in [0.05, 0.1) is 6.04 Å². The third-order valence-electron chi connectivity index (χ3n) is 3.20. The van der Waals surface area contributed by atoms with Crippen molar-refractivity contribution in [2.75, 3.05) is 6.54 Å². The number of carbonyl (C=O) groups is 1. The zero-order valence-corrected chi connectivity index (χ0v) is 13.5. The van der Waals surface area contributed by atoms with Crippen molar-refractivity contribution in [2.45, 2.75) is 46.1 Å². The number of benzene rings is 1. The summed E-state index contributed by atoms with van der Waals surface area (Å²) >= 11 is 0. The number of nitrogens with one attached hydrogen (secondary N) is 1. The Bertz CT molecular complexity index is 393. The molecule has 1 aromatic carbocycles. The molecule has 0 fully saturated rings. The van der Waals surface area contributed by atoms with E-state index in [1.54, 1.807) is 0 Å². The lowest BCUT2D eigenvalue weighted by Crippen LogP contribution is -2.44. The minimum atomic E-state index is -0.377. The number of rotatable bonds is 7. The largest absolute Gasteiger partial charge is 0.354 e. The van der Waals surface area contributed by atoms with E-state index in [0.29, 0.717) is 6.54 Å². The van der Waals surface area contributed by atoms with Crippen LogP contribution in [0.2, 0.25) is 0 Å². The lowest BCUT2D eigenvalue weighted by atomic mass is 9.85. The van der Waals surface area contributed by atoms with Crippen molar-refractivity contribution in [1.29, 1.82) is 0 Å². The van der Waals surface area contributed by atoms with Gasteiger partial charge in [0.2, 0.25) is 5.91 Å². The summed E-state index contributed by atoms with van der Waals surface area (Å²) < 4.78 is 0. The molecule has 0 bridgehead atoms. The second-order valence-corrected chi connectivity index (χ2v) is 5.94. The van der Waals surface area contributed by atoms with Crippen LogP contribution in [0.1, 0.15) is 39.2 Å². The van der Waals surface area contributed by atoms with E-state index in [4.69, 9.17) is 5.73 Å². The Morgan fingerprint density at radius 2 is 1.90 bits per heavy atom. The molecule has 1 rings (SSSR count). The van der Waals surface area contributed by atoms with Crippen molar-refractivity contribution in [1.82, 2.24) is 5.32 Å². The molecule has 0 radical (unpaired) electrons. The number of amides is 1. The molecule has 0 aliphatic carbocycles. The van der Waals surface area contributed by atoms with Crippen LogP contribution in [0.15, 0.2) is 30.3 Å². The highest BCUT2D eigenvalue weighted by atomic mass is 35.5. The summed E-state index contributed by atoms with van der Waals surface area (Å²) in [5, 5.41) is 2.96. The van der Waals surface area contributed by atoms with Gasteiger partial charge < -0.3 is 11.1 Å². The summed E-state index contributed by atoms with van der Waals surface area (Å²) in [5.41, 5.74) is 7.12. The average Bonchev–Trinajstić information content (AvgIpc) is 2.37. The van der Waals surface area contributed by atoms with Crippen LogP contribution in [0.25, 0.3) is 0 Å². The Morgan fingerprint density at radius 3 is 2.45 bits per heavy atom. The van der Waals surface area contributed by atoms with Gasteiger partial charge in [-0.05, 0) is 23.8 Å². The van der Waals surface area contributed by atoms with Gasteiger partial charge in [-0.1, -0.05) is 57.5 Å². The van der Waals surface area contributed by atoms with Gasteiger partial charge in [-0.3, -0.25) is 4.79 Å². The van der Waals surface area contributed by atoms with Crippen LogP contribution in [-0.2, 0) is 11.2 Å². The van der Waals surface area contributed by atoms with Crippen LogP contribution in [0.3, 0.4) is 0 Å². The maximum Gasteiger partial charge on any atom is 0.236 e. The first-order chi connectivity index (χ1) is 8.94. The summed E-state index contributed by atoms with van der Waals surface area (Å²) in [4.78, 5) is 11.8. The van der Waals surface area contributed by atoms with Gasteiger partial charge in [0, 0.05) is 6.54 Å². The molecule has 0 saturated heterocycles. The normalized spacial score (nSPS) is 12.4. The zero-order chi connectivity index (χ0) is 14.3. The molecule has 3 N–H and O–H groups in total. The summed E-state index contributed by atoms with van der Waals surface area (Å²) in [6, 6.07) is 9.96. The van der Waals surface area contributed by atoms with Crippen LogP contribution in [0.5, 0.6) is 0 Å². The van der Waals surface area contributed by atoms with E-state index in [2.05, 4.69) is 31.3 Å². The molecule has 114 valence electrons. The predicted octanol–water partition coefficient (Wildman–Crippen LogP) is 2.92. The molecule has 1 amide bonds. The quantitative estimate of drug-likeness (QED) is 0.813. The van der Waals surface area contributed by atoms with Crippen LogP contribution in [0, 0.1) is 5.41 Å². The van der Waals surface area contributed by atoms with E-state index in [9.17, 15) is 4.79 Å². The first kappa shape index (κ1) is 18.9. The number of carbonyl (C=O) groups excluding carboxylic acids is 1. The molecule has 1 aromatic rings. The molecule has 0 heterocycles. The zero-order valence-electron chi connectivity index (χ0n) is 12.7. The van der Waals surface area contributed by atoms with Crippen molar-refractivity contribution in [3.8, 4) is 0 Å². The number of hydrogen-bond donors (Lipinski definition) is 2. The summed E-state index contributed by atoms with van der Waals surface area (Å²) in [5.74, 6) is -0.0389. The topological polar surface area (TPSA) is 55.1 Å². The molecule has 0 aliphatic rings. The molecule has 0 spiro atoms. The maximum absolute atomic E-state index is 11.8. The van der Waals surface area contributed by atoms with Crippen molar-refractivity contribution in [3.63, 3.8) is 0 Å². The van der Waals surface area contributed by atoms with E-state index in [1.807, 2.05) is 25.1 Å². The van der Waals surface area contributed by atoms with Crippen molar-refractivity contribution in [3.05, 3.63) is 35.9 Å². The van der Waals surface area contributed by atoms with Crippen molar-refractivity contribution in [2.24, 2.45) is 11.1 Å². The molecule has 3 nitrogen and oxygen atoms in total. The summed E-state index contributed by atoms with van der Waals surface area (Å²) in [6.07, 6.45) is 2.62. The van der Waals surface area contributed by atoms with Crippen molar-refractivity contribution < 1.29 is 4.79 Å². The van der Waals surface area contributed by atoms with E-state index in [0.717, 1.165) is 19.3 Å². The van der Waals surface area contributed by atoms with Gasteiger partial charge in [-0.25, -0.2) is 0 Å². The standard InChI is InChI=1S/C16H26N2O.ClH/c1-4-8-14(17)15(19)18-12-16(2,3)11-13-9-6-5-7-10-13;/h5-7,9-10,14H,4,8,11-12,17H2,1-3H3,(H,18,19);1H. The first-order valence-corrected chi connectivity index (χ1v) is 7.02. The molecular weight excluding hydrogens is 272 g/mol. The fraction of sp³-hybridized carbons (Fsp3) is 0.562. The van der Waals surface area contributed by atoms with Crippen LogP contribution in [0.4, 0.5) is 0 Å². The Kier molecular flexibility index (Phi) is 8.51. The smallest absolute Gasteiger partial charge is 0.236 e. The van der Waals surface area contributed by atoms with E-state index < -0.39 is 0 Å². The Balaban J connectivity index is 0.00000361. The number of nitrogens with two attached hydrogens (primary N) is 1. The molecule has 1 atom stereocenters. The molecule has 20 heavy (non-hydrogen) atoms. The Hall–Kier alpha value is -1.06. The van der Waals surface area contributed by atoms with Crippen molar-refractivity contribution >= 4 is 18.3 Å². The highest BCUT2D eigenvalue weighted by Crippen LogP contribution is 2.20. The monoisotopic (exact) mass is 298 g/mol. The first-order valence-electron chi connectivity index (χ1n) is 7.02. The molecular formula is C16H27ClN2O. The van der Waals surface area contributed by atoms with Gasteiger partial charge in [-0.2, -0.15) is 0 Å². The van der Waals surface area contributed by atoms with Gasteiger partial charge >= 0.3 is 0 Å². The van der Waals surface area contributed by atoms with Gasteiger partial charge in [0.15, 0.2) is 0 Å². The van der Waals surface area contributed by atoms with Crippen LogP contribution < -0.4 is 11.1 Å². The lowest BCUT2D eigenvalue weighted by molar-refractivity contribution is -0.122. The lowest BCUT2D eigenvalue weighted by Gasteiger charge is -2.26. The van der Waals surface area contributed by atoms with Crippen LogP contribution >= 0.6 is 12.4 Å². The fourth-order valence-electron chi connectivity index (χ4n) is 2.11. The van der Waals surface area contributed by atoms with E-state index in [-0.39, 0.29) is 29.8 Å². The third-order valence-corrected chi connectivity index (χ3v) is 3.20. The highest BCUT2D eigenvalue weighted by Gasteiger charge is 2.21. The summed E-state index contributed by atoms with van der Waals surface area (Å²) in [6.45, 7) is 7.00. The summed E-state index contributed by atoms with van der Waals surface area (Å²) in [7, 11) is 0. The third kappa shape index (κ3) is 6.92. The second kappa shape index (κ2) is 8.98. The SMILES string of the molecule is CCCC(N)C(=O)NCC(C)(C)Cc1ccccc1.Cl. The molecule has 0 aliphatic heterocycles.